The summed E-state index contributed by atoms with van der Waals surface area (Å²) in [5.74, 6) is 0.249. The molecule has 108 valence electrons. The Bertz CT molecular complexity index is 388. The number of halogens is 6. The number of rotatable bonds is 6. The minimum absolute atomic E-state index is 0.0543. The molecule has 0 aromatic heterocycles. The van der Waals surface area contributed by atoms with E-state index in [1.54, 1.807) is 24.3 Å². The van der Waals surface area contributed by atoms with E-state index in [2.05, 4.69) is 0 Å². The van der Waals surface area contributed by atoms with E-state index in [0.717, 1.165) is 5.56 Å². The zero-order valence-corrected chi connectivity index (χ0v) is 12.9. The zero-order valence-electron chi connectivity index (χ0n) is 9.81. The Hall–Kier alpha value is 0.230. The van der Waals surface area contributed by atoms with Gasteiger partial charge in [0.1, 0.15) is 0 Å². The third-order valence-corrected chi connectivity index (χ3v) is 4.83. The van der Waals surface area contributed by atoms with Gasteiger partial charge in [-0.05, 0) is 24.1 Å². The molecule has 0 radical (unpaired) electrons. The first-order chi connectivity index (χ1) is 8.83. The molecule has 0 saturated heterocycles. The summed E-state index contributed by atoms with van der Waals surface area (Å²) in [5.41, 5.74) is -4.08. The van der Waals surface area contributed by atoms with Gasteiger partial charge in [0.25, 0.3) is 0 Å². The van der Waals surface area contributed by atoms with Gasteiger partial charge >= 0.3 is 5.51 Å². The van der Waals surface area contributed by atoms with Crippen molar-refractivity contribution in [1.82, 2.24) is 0 Å². The molecule has 1 rings (SSSR count). The number of thioether (sulfide) groups is 1. The van der Waals surface area contributed by atoms with Gasteiger partial charge in [0.15, 0.2) is 0 Å². The van der Waals surface area contributed by atoms with Crippen LogP contribution in [0, 0.1) is 0 Å². The van der Waals surface area contributed by atoms with Gasteiger partial charge in [0, 0.05) is 28.0 Å². The topological polar surface area (TPSA) is 0 Å². The Morgan fingerprint density at radius 2 is 1.53 bits per heavy atom. The first kappa shape index (κ1) is 17.3. The van der Waals surface area contributed by atoms with Gasteiger partial charge in [-0.2, -0.15) is 13.2 Å². The lowest BCUT2D eigenvalue weighted by Gasteiger charge is -2.30. The summed E-state index contributed by atoms with van der Waals surface area (Å²) < 4.78 is 36.5. The van der Waals surface area contributed by atoms with E-state index in [9.17, 15) is 13.2 Å². The fourth-order valence-electron chi connectivity index (χ4n) is 1.63. The highest BCUT2D eigenvalue weighted by Crippen LogP contribution is 2.37. The van der Waals surface area contributed by atoms with Crippen LogP contribution in [0.1, 0.15) is 12.0 Å². The van der Waals surface area contributed by atoms with E-state index < -0.39 is 10.9 Å². The highest BCUT2D eigenvalue weighted by atomic mass is 35.5. The van der Waals surface area contributed by atoms with Gasteiger partial charge in [0.05, 0.1) is 0 Å². The summed E-state index contributed by atoms with van der Waals surface area (Å²) in [6.45, 7) is 0. The van der Waals surface area contributed by atoms with Gasteiger partial charge < -0.3 is 0 Å². The standard InChI is InChI=1S/C12H12Cl3F3S/c13-7-11(8-14,5-6-19-12(16,17)18)9-1-3-10(15)4-2-9/h1-4H,5-8H2. The van der Waals surface area contributed by atoms with Gasteiger partial charge in [-0.15, -0.1) is 23.2 Å². The van der Waals surface area contributed by atoms with Crippen LogP contribution in [0.4, 0.5) is 13.2 Å². The molecule has 0 fully saturated rings. The minimum Gasteiger partial charge on any atom is -0.160 e. The molecule has 1 aromatic rings. The van der Waals surface area contributed by atoms with Gasteiger partial charge in [0.2, 0.25) is 0 Å². The molecular weight excluding hydrogens is 340 g/mol. The lowest BCUT2D eigenvalue weighted by molar-refractivity contribution is -0.0328. The summed E-state index contributed by atoms with van der Waals surface area (Å²) in [6.07, 6.45) is 0.256. The maximum atomic E-state index is 12.2. The van der Waals surface area contributed by atoms with Crippen LogP contribution in [0.2, 0.25) is 5.02 Å². The molecule has 0 N–H and O–H groups in total. The highest BCUT2D eigenvalue weighted by molar-refractivity contribution is 8.00. The lowest BCUT2D eigenvalue weighted by atomic mass is 9.82. The first-order valence-corrected chi connectivity index (χ1v) is 7.85. The molecule has 19 heavy (non-hydrogen) atoms. The molecule has 0 unspecified atom stereocenters. The molecule has 0 heterocycles. The summed E-state index contributed by atoms with van der Waals surface area (Å²) >= 11 is 17.6. The van der Waals surface area contributed by atoms with E-state index in [-0.39, 0.29) is 35.7 Å². The van der Waals surface area contributed by atoms with Crippen LogP contribution in [0.5, 0.6) is 0 Å². The lowest BCUT2D eigenvalue weighted by Crippen LogP contribution is -2.31. The number of alkyl halides is 5. The van der Waals surface area contributed by atoms with Crippen molar-refractivity contribution in [1.29, 1.82) is 0 Å². The Morgan fingerprint density at radius 1 is 1.00 bits per heavy atom. The van der Waals surface area contributed by atoms with Crippen LogP contribution in [0.25, 0.3) is 0 Å². The quantitative estimate of drug-likeness (QED) is 0.593. The van der Waals surface area contributed by atoms with Crippen LogP contribution in [-0.2, 0) is 5.41 Å². The van der Waals surface area contributed by atoms with Crippen molar-refractivity contribution in [3.8, 4) is 0 Å². The molecule has 0 aliphatic heterocycles. The molecule has 0 bridgehead atoms. The fraction of sp³-hybridized carbons (Fsp3) is 0.500. The van der Waals surface area contributed by atoms with Crippen molar-refractivity contribution in [2.75, 3.05) is 17.5 Å². The molecule has 0 spiro atoms. The number of hydrogen-bond donors (Lipinski definition) is 0. The van der Waals surface area contributed by atoms with Crippen molar-refractivity contribution in [3.63, 3.8) is 0 Å². The second-order valence-electron chi connectivity index (χ2n) is 4.10. The molecular formula is C12H12Cl3F3S. The molecule has 1 aromatic carbocycles. The Kier molecular flexibility index (Phi) is 6.64. The Labute approximate surface area is 129 Å². The maximum Gasteiger partial charge on any atom is 0.441 e. The molecule has 0 aliphatic rings. The predicted molar refractivity (Wildman–Crippen MR) is 77.7 cm³/mol. The second-order valence-corrected chi connectivity index (χ2v) is 6.23. The van der Waals surface area contributed by atoms with Gasteiger partial charge in [-0.25, -0.2) is 0 Å². The number of benzene rings is 1. The molecule has 7 heteroatoms. The molecule has 0 atom stereocenters. The molecule has 0 nitrogen and oxygen atoms in total. The van der Waals surface area contributed by atoms with E-state index >= 15 is 0 Å². The van der Waals surface area contributed by atoms with E-state index in [0.29, 0.717) is 5.02 Å². The van der Waals surface area contributed by atoms with Crippen LogP contribution >= 0.6 is 46.6 Å². The van der Waals surface area contributed by atoms with Crippen molar-refractivity contribution in [2.24, 2.45) is 0 Å². The van der Waals surface area contributed by atoms with Gasteiger partial charge in [-0.3, -0.25) is 0 Å². The van der Waals surface area contributed by atoms with E-state index in [1.165, 1.54) is 0 Å². The number of hydrogen-bond acceptors (Lipinski definition) is 1. The smallest absolute Gasteiger partial charge is 0.160 e. The largest absolute Gasteiger partial charge is 0.441 e. The van der Waals surface area contributed by atoms with E-state index in [4.69, 9.17) is 34.8 Å². The van der Waals surface area contributed by atoms with E-state index in [1.807, 2.05) is 0 Å². The van der Waals surface area contributed by atoms with Crippen LogP contribution in [-0.4, -0.2) is 23.0 Å². The van der Waals surface area contributed by atoms with Crippen molar-refractivity contribution in [3.05, 3.63) is 34.9 Å². The molecule has 0 amide bonds. The summed E-state index contributed by atoms with van der Waals surface area (Å²) in [5, 5.41) is 0.562. The fourth-order valence-corrected chi connectivity index (χ4v) is 3.35. The minimum atomic E-state index is -4.23. The monoisotopic (exact) mass is 350 g/mol. The SMILES string of the molecule is FC(F)(F)SCCC(CCl)(CCl)c1ccc(Cl)cc1. The third kappa shape index (κ3) is 5.25. The molecule has 0 saturated carbocycles. The maximum absolute atomic E-state index is 12.2. The first-order valence-electron chi connectivity index (χ1n) is 5.42. The van der Waals surface area contributed by atoms with Crippen molar-refractivity contribution in [2.45, 2.75) is 17.3 Å². The molecule has 0 aliphatic carbocycles. The predicted octanol–water partition coefficient (Wildman–Crippen LogP) is 5.70. The van der Waals surface area contributed by atoms with Crippen molar-refractivity contribution >= 4 is 46.6 Å². The summed E-state index contributed by atoms with van der Waals surface area (Å²) in [6, 6.07) is 6.87. The summed E-state index contributed by atoms with van der Waals surface area (Å²) in [7, 11) is 0. The summed E-state index contributed by atoms with van der Waals surface area (Å²) in [4.78, 5) is 0. The highest BCUT2D eigenvalue weighted by Gasteiger charge is 2.34. The zero-order chi connectivity index (χ0) is 14.5. The normalized spacial score (nSPS) is 12.7. The van der Waals surface area contributed by atoms with Crippen LogP contribution in [0.3, 0.4) is 0 Å². The Balaban J connectivity index is 2.82. The van der Waals surface area contributed by atoms with Crippen LogP contribution < -0.4 is 0 Å². The third-order valence-electron chi connectivity index (χ3n) is 2.81. The second kappa shape index (κ2) is 7.30. The van der Waals surface area contributed by atoms with Gasteiger partial charge in [-0.1, -0.05) is 35.5 Å². The van der Waals surface area contributed by atoms with Crippen LogP contribution in [0.15, 0.2) is 24.3 Å². The average molecular weight is 352 g/mol. The Morgan fingerprint density at radius 3 is 1.95 bits per heavy atom. The average Bonchev–Trinajstić information content (AvgIpc) is 2.35. The van der Waals surface area contributed by atoms with Crippen molar-refractivity contribution < 1.29 is 13.2 Å².